The van der Waals surface area contributed by atoms with Crippen LogP contribution in [0.3, 0.4) is 0 Å². The van der Waals surface area contributed by atoms with Crippen LogP contribution in [0.1, 0.15) is 40.0 Å². The molecule has 1 aliphatic rings. The highest BCUT2D eigenvalue weighted by Crippen LogP contribution is 2.34. The van der Waals surface area contributed by atoms with Crippen LogP contribution in [0.5, 0.6) is 0 Å². The molecule has 0 amide bonds. The lowest BCUT2D eigenvalue weighted by atomic mass is 9.93. The Morgan fingerprint density at radius 2 is 2.25 bits per heavy atom. The normalized spacial score (nSPS) is 30.5. The van der Waals surface area contributed by atoms with Crippen molar-refractivity contribution in [3.8, 4) is 0 Å². The van der Waals surface area contributed by atoms with Gasteiger partial charge in [0.05, 0.1) is 12.2 Å². The smallest absolute Gasteiger partial charge is 0.0630 e. The summed E-state index contributed by atoms with van der Waals surface area (Å²) in [6.45, 7) is 7.31. The lowest BCUT2D eigenvalue weighted by molar-refractivity contribution is 0.0349. The molecule has 12 heavy (non-hydrogen) atoms. The van der Waals surface area contributed by atoms with E-state index in [1.807, 2.05) is 0 Å². The third-order valence-corrected chi connectivity index (χ3v) is 3.09. The molecule has 0 bridgehead atoms. The van der Waals surface area contributed by atoms with Crippen LogP contribution in [0.15, 0.2) is 0 Å². The minimum atomic E-state index is 0.0611. The first-order chi connectivity index (χ1) is 5.55. The Morgan fingerprint density at radius 1 is 1.58 bits per heavy atom. The third-order valence-electron chi connectivity index (χ3n) is 2.52. The Bertz CT molecular complexity index is 145. The molecule has 1 heterocycles. The van der Waals surface area contributed by atoms with Gasteiger partial charge < -0.3 is 4.74 Å². The molecule has 1 aliphatic heterocycles. The van der Waals surface area contributed by atoms with E-state index in [1.165, 1.54) is 6.42 Å². The van der Waals surface area contributed by atoms with Crippen molar-refractivity contribution >= 4 is 11.6 Å². The maximum Gasteiger partial charge on any atom is 0.0630 e. The van der Waals surface area contributed by atoms with E-state index in [9.17, 15) is 0 Å². The average Bonchev–Trinajstić information content (AvgIpc) is 2.31. The molecule has 0 aromatic carbocycles. The summed E-state index contributed by atoms with van der Waals surface area (Å²) in [7, 11) is 0. The van der Waals surface area contributed by atoms with Gasteiger partial charge in [-0.25, -0.2) is 0 Å². The molecule has 2 heteroatoms. The van der Waals surface area contributed by atoms with Crippen molar-refractivity contribution in [2.75, 3.05) is 6.61 Å². The summed E-state index contributed by atoms with van der Waals surface area (Å²) in [6.07, 6.45) is 3.40. The lowest BCUT2D eigenvalue weighted by Crippen LogP contribution is -2.19. The predicted octanol–water partition coefficient (Wildman–Crippen LogP) is 3.21. The van der Waals surface area contributed by atoms with Crippen LogP contribution >= 0.6 is 11.6 Å². The number of halogens is 1. The zero-order chi connectivity index (χ0) is 9.19. The minimum absolute atomic E-state index is 0.0611. The first-order valence-corrected chi connectivity index (χ1v) is 5.27. The van der Waals surface area contributed by atoms with Gasteiger partial charge in [-0.2, -0.15) is 0 Å². The molecule has 1 nitrogen and oxygen atoms in total. The number of hydrogen-bond acceptors (Lipinski definition) is 1. The number of rotatable bonds is 3. The second kappa shape index (κ2) is 3.97. The zero-order valence-corrected chi connectivity index (χ0v) is 9.03. The summed E-state index contributed by atoms with van der Waals surface area (Å²) in [4.78, 5) is 0. The third kappa shape index (κ3) is 2.63. The summed E-state index contributed by atoms with van der Waals surface area (Å²) in [5, 5.41) is 0.316. The van der Waals surface area contributed by atoms with Crippen LogP contribution in [0.2, 0.25) is 0 Å². The fourth-order valence-corrected chi connectivity index (χ4v) is 2.21. The van der Waals surface area contributed by atoms with Crippen molar-refractivity contribution in [1.29, 1.82) is 0 Å². The van der Waals surface area contributed by atoms with Gasteiger partial charge in [-0.3, -0.25) is 0 Å². The molecular weight excluding hydrogens is 172 g/mol. The largest absolute Gasteiger partial charge is 0.375 e. The molecule has 0 aromatic rings. The van der Waals surface area contributed by atoms with Gasteiger partial charge in [0.1, 0.15) is 0 Å². The van der Waals surface area contributed by atoms with E-state index in [1.54, 1.807) is 0 Å². The Labute approximate surface area is 80.4 Å². The second-order valence-electron chi connectivity index (χ2n) is 4.34. The maximum atomic E-state index is 6.23. The van der Waals surface area contributed by atoms with Crippen LogP contribution < -0.4 is 0 Å². The van der Waals surface area contributed by atoms with E-state index >= 15 is 0 Å². The fraction of sp³-hybridized carbons (Fsp3) is 1.00. The molecule has 0 aromatic heterocycles. The van der Waals surface area contributed by atoms with Gasteiger partial charge in [-0.15, -0.1) is 11.6 Å². The average molecular weight is 191 g/mol. The zero-order valence-electron chi connectivity index (χ0n) is 8.27. The van der Waals surface area contributed by atoms with Crippen LogP contribution in [0, 0.1) is 5.92 Å². The number of hydrogen-bond donors (Lipinski definition) is 0. The highest BCUT2D eigenvalue weighted by atomic mass is 35.5. The van der Waals surface area contributed by atoms with Gasteiger partial charge in [-0.05, 0) is 26.7 Å². The van der Waals surface area contributed by atoms with Gasteiger partial charge in [0.25, 0.3) is 0 Å². The second-order valence-corrected chi connectivity index (χ2v) is 4.90. The van der Waals surface area contributed by atoms with Crippen molar-refractivity contribution < 1.29 is 4.74 Å². The highest BCUT2D eigenvalue weighted by molar-refractivity contribution is 6.20. The first-order valence-electron chi connectivity index (χ1n) is 4.83. The van der Waals surface area contributed by atoms with E-state index in [0.717, 1.165) is 19.4 Å². The van der Waals surface area contributed by atoms with Crippen molar-refractivity contribution in [2.24, 2.45) is 5.92 Å². The topological polar surface area (TPSA) is 9.23 Å². The molecule has 1 saturated heterocycles. The highest BCUT2D eigenvalue weighted by Gasteiger charge is 2.35. The Morgan fingerprint density at radius 3 is 2.67 bits per heavy atom. The summed E-state index contributed by atoms with van der Waals surface area (Å²) in [6, 6.07) is 0. The Kier molecular flexibility index (Phi) is 3.42. The molecule has 0 radical (unpaired) electrons. The van der Waals surface area contributed by atoms with E-state index in [4.69, 9.17) is 16.3 Å². The quantitative estimate of drug-likeness (QED) is 0.621. The number of alkyl halides is 1. The SMILES string of the molecule is CCCC(Cl)C1COC(C)(C)C1. The van der Waals surface area contributed by atoms with Gasteiger partial charge in [-0.1, -0.05) is 13.3 Å². The number of ether oxygens (including phenoxy) is 1. The van der Waals surface area contributed by atoms with E-state index in [0.29, 0.717) is 11.3 Å². The van der Waals surface area contributed by atoms with Crippen LogP contribution in [0.25, 0.3) is 0 Å². The van der Waals surface area contributed by atoms with Crippen LogP contribution in [-0.2, 0) is 4.74 Å². The van der Waals surface area contributed by atoms with E-state index < -0.39 is 0 Å². The van der Waals surface area contributed by atoms with Crippen molar-refractivity contribution in [3.63, 3.8) is 0 Å². The summed E-state index contributed by atoms with van der Waals surface area (Å²) in [5.74, 6) is 0.571. The summed E-state index contributed by atoms with van der Waals surface area (Å²) in [5.41, 5.74) is 0.0611. The van der Waals surface area contributed by atoms with E-state index in [2.05, 4.69) is 20.8 Å². The van der Waals surface area contributed by atoms with E-state index in [-0.39, 0.29) is 5.60 Å². The van der Waals surface area contributed by atoms with Crippen LogP contribution in [0.4, 0.5) is 0 Å². The predicted molar refractivity (Wildman–Crippen MR) is 52.7 cm³/mol. The molecule has 2 unspecified atom stereocenters. The van der Waals surface area contributed by atoms with Gasteiger partial charge in [0, 0.05) is 11.3 Å². The van der Waals surface area contributed by atoms with Crippen LogP contribution in [-0.4, -0.2) is 17.6 Å². The fourth-order valence-electron chi connectivity index (χ4n) is 1.83. The summed E-state index contributed by atoms with van der Waals surface area (Å²) < 4.78 is 5.64. The minimum Gasteiger partial charge on any atom is -0.375 e. The standard InChI is InChI=1S/C10H19ClO/c1-4-5-9(11)8-6-10(2,3)12-7-8/h8-9H,4-7H2,1-3H3. The molecule has 2 atom stereocenters. The molecule has 1 fully saturated rings. The Balaban J connectivity index is 2.36. The first kappa shape index (κ1) is 10.3. The van der Waals surface area contributed by atoms with Crippen molar-refractivity contribution in [2.45, 2.75) is 51.0 Å². The molecule has 0 N–H and O–H groups in total. The maximum absolute atomic E-state index is 6.23. The monoisotopic (exact) mass is 190 g/mol. The molecule has 72 valence electrons. The molecular formula is C10H19ClO. The Hall–Kier alpha value is 0.250. The molecule has 0 aliphatic carbocycles. The van der Waals surface area contributed by atoms with Gasteiger partial charge in [0.15, 0.2) is 0 Å². The molecule has 0 saturated carbocycles. The summed E-state index contributed by atoms with van der Waals surface area (Å²) >= 11 is 6.23. The van der Waals surface area contributed by atoms with Gasteiger partial charge in [0.2, 0.25) is 0 Å². The van der Waals surface area contributed by atoms with Crippen molar-refractivity contribution in [3.05, 3.63) is 0 Å². The van der Waals surface area contributed by atoms with Gasteiger partial charge >= 0.3 is 0 Å². The van der Waals surface area contributed by atoms with Crippen molar-refractivity contribution in [1.82, 2.24) is 0 Å². The lowest BCUT2D eigenvalue weighted by Gasteiger charge is -2.17. The molecule has 1 rings (SSSR count). The molecule has 0 spiro atoms.